The molecule has 7 heteroatoms. The highest BCUT2D eigenvalue weighted by atomic mass is 79.9. The molecule has 0 aliphatic rings. The molecule has 0 saturated carbocycles. The quantitative estimate of drug-likeness (QED) is 0.789. The van der Waals surface area contributed by atoms with Gasteiger partial charge in [-0.25, -0.2) is 13.1 Å². The number of nitrogens with one attached hydrogen (secondary N) is 1. The van der Waals surface area contributed by atoms with E-state index in [1.54, 1.807) is 13.0 Å². The van der Waals surface area contributed by atoms with Crippen molar-refractivity contribution in [1.29, 1.82) is 0 Å². The number of hydrogen-bond donors (Lipinski definition) is 1. The molecule has 0 aliphatic carbocycles. The number of alkyl halides is 1. The van der Waals surface area contributed by atoms with Crippen LogP contribution in [-0.4, -0.2) is 20.3 Å². The zero-order valence-electron chi connectivity index (χ0n) is 9.66. The third-order valence-electron chi connectivity index (χ3n) is 2.23. The standard InChI is InChI=1S/C10H15BrClNO2S2/c1-3-4-8(12)6-13-17(14,15)9-5-10(11)16-7(9)2/h5,8,13H,3-4,6H2,1-2H3. The van der Waals surface area contributed by atoms with E-state index in [4.69, 9.17) is 11.6 Å². The fourth-order valence-corrected chi connectivity index (χ4v) is 5.27. The Morgan fingerprint density at radius 2 is 2.24 bits per heavy atom. The van der Waals surface area contributed by atoms with Crippen molar-refractivity contribution in [1.82, 2.24) is 4.72 Å². The van der Waals surface area contributed by atoms with Crippen molar-refractivity contribution in [2.24, 2.45) is 0 Å². The second kappa shape index (κ2) is 6.52. The molecule has 1 atom stereocenters. The van der Waals surface area contributed by atoms with Crippen LogP contribution in [0.2, 0.25) is 0 Å². The SMILES string of the molecule is CCCC(Cl)CNS(=O)(=O)c1cc(Br)sc1C. The van der Waals surface area contributed by atoms with E-state index in [0.717, 1.165) is 21.5 Å². The first-order valence-corrected chi connectivity index (χ1v) is 8.79. The maximum absolute atomic E-state index is 12.0. The maximum Gasteiger partial charge on any atom is 0.241 e. The molecular weight excluding hydrogens is 346 g/mol. The van der Waals surface area contributed by atoms with E-state index < -0.39 is 10.0 Å². The predicted octanol–water partition coefficient (Wildman–Crippen LogP) is 3.50. The van der Waals surface area contributed by atoms with Gasteiger partial charge in [0.2, 0.25) is 10.0 Å². The van der Waals surface area contributed by atoms with Crippen LogP contribution in [-0.2, 0) is 10.0 Å². The fourth-order valence-electron chi connectivity index (χ4n) is 1.39. The van der Waals surface area contributed by atoms with Gasteiger partial charge in [-0.3, -0.25) is 0 Å². The molecular formula is C10H15BrClNO2S2. The summed E-state index contributed by atoms with van der Waals surface area (Å²) >= 11 is 10.7. The normalized spacial score (nSPS) is 13.9. The monoisotopic (exact) mass is 359 g/mol. The van der Waals surface area contributed by atoms with Crippen molar-refractivity contribution < 1.29 is 8.42 Å². The van der Waals surface area contributed by atoms with Crippen LogP contribution in [0, 0.1) is 6.92 Å². The number of aryl methyl sites for hydroxylation is 1. The van der Waals surface area contributed by atoms with Crippen LogP contribution in [0.15, 0.2) is 14.7 Å². The highest BCUT2D eigenvalue weighted by molar-refractivity contribution is 9.11. The number of halogens is 2. The molecule has 1 rings (SSSR count). The van der Waals surface area contributed by atoms with Crippen LogP contribution < -0.4 is 4.72 Å². The molecule has 0 aromatic carbocycles. The van der Waals surface area contributed by atoms with E-state index in [-0.39, 0.29) is 11.9 Å². The van der Waals surface area contributed by atoms with E-state index in [0.29, 0.717) is 4.90 Å². The first-order valence-electron chi connectivity index (χ1n) is 5.26. The molecule has 1 unspecified atom stereocenters. The van der Waals surface area contributed by atoms with Crippen molar-refractivity contribution in [2.75, 3.05) is 6.54 Å². The zero-order chi connectivity index (χ0) is 13.1. The second-order valence-electron chi connectivity index (χ2n) is 3.71. The molecule has 17 heavy (non-hydrogen) atoms. The third kappa shape index (κ3) is 4.52. The largest absolute Gasteiger partial charge is 0.241 e. The average Bonchev–Trinajstić information content (AvgIpc) is 2.56. The average molecular weight is 361 g/mol. The minimum Gasteiger partial charge on any atom is -0.210 e. The molecule has 1 heterocycles. The summed E-state index contributed by atoms with van der Waals surface area (Å²) in [6, 6.07) is 1.62. The minimum absolute atomic E-state index is 0.155. The minimum atomic E-state index is -3.44. The summed E-state index contributed by atoms with van der Waals surface area (Å²) in [5.74, 6) is 0. The molecule has 1 aromatic heterocycles. The van der Waals surface area contributed by atoms with Gasteiger partial charge in [0.15, 0.2) is 0 Å². The molecule has 1 N–H and O–H groups in total. The summed E-state index contributed by atoms with van der Waals surface area (Å²) in [5, 5.41) is -0.155. The summed E-state index contributed by atoms with van der Waals surface area (Å²) in [6.07, 6.45) is 1.75. The van der Waals surface area contributed by atoms with Gasteiger partial charge in [-0.15, -0.1) is 22.9 Å². The van der Waals surface area contributed by atoms with Gasteiger partial charge in [0, 0.05) is 16.8 Å². The lowest BCUT2D eigenvalue weighted by Crippen LogP contribution is -2.29. The molecule has 0 spiro atoms. The molecule has 0 fully saturated rings. The van der Waals surface area contributed by atoms with E-state index >= 15 is 0 Å². The summed E-state index contributed by atoms with van der Waals surface area (Å²) in [6.45, 7) is 4.07. The predicted molar refractivity (Wildman–Crippen MR) is 76.5 cm³/mol. The van der Waals surface area contributed by atoms with Gasteiger partial charge in [-0.2, -0.15) is 0 Å². The van der Waals surface area contributed by atoms with Crippen LogP contribution in [0.5, 0.6) is 0 Å². The van der Waals surface area contributed by atoms with Gasteiger partial charge >= 0.3 is 0 Å². The van der Waals surface area contributed by atoms with Gasteiger partial charge in [-0.05, 0) is 35.3 Å². The lowest BCUT2D eigenvalue weighted by atomic mass is 10.2. The topological polar surface area (TPSA) is 46.2 Å². The molecule has 0 amide bonds. The van der Waals surface area contributed by atoms with Crippen LogP contribution >= 0.6 is 38.9 Å². The molecule has 3 nitrogen and oxygen atoms in total. The van der Waals surface area contributed by atoms with E-state index in [1.165, 1.54) is 11.3 Å². The molecule has 1 aromatic rings. The lowest BCUT2D eigenvalue weighted by Gasteiger charge is -2.10. The maximum atomic E-state index is 12.0. The number of hydrogen-bond acceptors (Lipinski definition) is 3. The first-order chi connectivity index (χ1) is 7.86. The zero-order valence-corrected chi connectivity index (χ0v) is 13.6. The van der Waals surface area contributed by atoms with Crippen LogP contribution in [0.4, 0.5) is 0 Å². The van der Waals surface area contributed by atoms with Gasteiger partial charge in [0.25, 0.3) is 0 Å². The molecule has 0 radical (unpaired) electrons. The summed E-state index contributed by atoms with van der Waals surface area (Å²) in [7, 11) is -3.44. The first kappa shape index (κ1) is 15.4. The smallest absolute Gasteiger partial charge is 0.210 e. The summed E-state index contributed by atoms with van der Waals surface area (Å²) in [5.41, 5.74) is 0. The Morgan fingerprint density at radius 1 is 1.59 bits per heavy atom. The Kier molecular flexibility index (Phi) is 5.92. The van der Waals surface area contributed by atoms with Crippen LogP contribution in [0.1, 0.15) is 24.6 Å². The Morgan fingerprint density at radius 3 is 2.71 bits per heavy atom. The van der Waals surface area contributed by atoms with Crippen molar-refractivity contribution in [3.63, 3.8) is 0 Å². The van der Waals surface area contributed by atoms with E-state index in [1.807, 2.05) is 6.92 Å². The van der Waals surface area contributed by atoms with Gasteiger partial charge in [-0.1, -0.05) is 13.3 Å². The van der Waals surface area contributed by atoms with E-state index in [9.17, 15) is 8.42 Å². The van der Waals surface area contributed by atoms with Gasteiger partial charge in [0.05, 0.1) is 8.68 Å². The Balaban J connectivity index is 2.73. The van der Waals surface area contributed by atoms with Gasteiger partial charge in [0.1, 0.15) is 0 Å². The molecule has 98 valence electrons. The van der Waals surface area contributed by atoms with Crippen LogP contribution in [0.25, 0.3) is 0 Å². The van der Waals surface area contributed by atoms with Crippen molar-refractivity contribution in [3.8, 4) is 0 Å². The summed E-state index contributed by atoms with van der Waals surface area (Å²) in [4.78, 5) is 1.10. The highest BCUT2D eigenvalue weighted by Gasteiger charge is 2.20. The fraction of sp³-hybridized carbons (Fsp3) is 0.600. The number of sulfonamides is 1. The number of rotatable bonds is 6. The third-order valence-corrected chi connectivity index (χ3v) is 5.83. The second-order valence-corrected chi connectivity index (χ2v) is 8.70. The van der Waals surface area contributed by atoms with Crippen molar-refractivity contribution in [3.05, 3.63) is 14.7 Å². The Hall–Kier alpha value is 0.380. The van der Waals surface area contributed by atoms with Crippen molar-refractivity contribution >= 4 is 48.9 Å². The molecule has 0 saturated heterocycles. The summed E-state index contributed by atoms with van der Waals surface area (Å²) < 4.78 is 27.3. The Bertz CT molecular complexity index is 473. The highest BCUT2D eigenvalue weighted by Crippen LogP contribution is 2.29. The molecule has 0 bridgehead atoms. The molecule has 0 aliphatic heterocycles. The van der Waals surface area contributed by atoms with E-state index in [2.05, 4.69) is 20.7 Å². The van der Waals surface area contributed by atoms with Crippen molar-refractivity contribution in [2.45, 2.75) is 37.0 Å². The van der Waals surface area contributed by atoms with Gasteiger partial charge < -0.3 is 0 Å². The number of thiophene rings is 1. The van der Waals surface area contributed by atoms with Crippen LogP contribution in [0.3, 0.4) is 0 Å². The lowest BCUT2D eigenvalue weighted by molar-refractivity contribution is 0.576. The Labute approximate surface area is 120 Å².